The number of benzene rings is 2. The Morgan fingerprint density at radius 1 is 1.03 bits per heavy atom. The van der Waals surface area contributed by atoms with E-state index in [2.05, 4.69) is 10.3 Å². The second-order valence-electron chi connectivity index (χ2n) is 7.73. The van der Waals surface area contributed by atoms with Crippen LogP contribution in [0.3, 0.4) is 0 Å². The van der Waals surface area contributed by atoms with Crippen molar-refractivity contribution in [1.29, 1.82) is 0 Å². The summed E-state index contributed by atoms with van der Waals surface area (Å²) in [5.74, 6) is -0.211. The van der Waals surface area contributed by atoms with Gasteiger partial charge in [-0.2, -0.15) is 4.31 Å². The number of anilines is 1. The fraction of sp³-hybridized carbons (Fsp3) is 0.304. The van der Waals surface area contributed by atoms with Crippen molar-refractivity contribution in [2.24, 2.45) is 0 Å². The van der Waals surface area contributed by atoms with Crippen molar-refractivity contribution in [3.63, 3.8) is 0 Å². The summed E-state index contributed by atoms with van der Waals surface area (Å²) in [4.78, 5) is 27.9. The van der Waals surface area contributed by atoms with E-state index in [0.29, 0.717) is 29.7 Å². The number of sulfonamides is 1. The average molecular weight is 456 g/mol. The Balaban J connectivity index is 1.70. The van der Waals surface area contributed by atoms with Crippen LogP contribution in [0.4, 0.5) is 5.69 Å². The highest BCUT2D eigenvalue weighted by Crippen LogP contribution is 2.30. The second-order valence-corrected chi connectivity index (χ2v) is 9.67. The molecule has 3 aromatic rings. The van der Waals surface area contributed by atoms with Gasteiger partial charge in [-0.25, -0.2) is 8.42 Å². The van der Waals surface area contributed by atoms with Gasteiger partial charge in [-0.3, -0.25) is 9.59 Å². The van der Waals surface area contributed by atoms with Crippen LogP contribution in [0.25, 0.3) is 10.9 Å². The third kappa shape index (κ3) is 4.39. The summed E-state index contributed by atoms with van der Waals surface area (Å²) in [6, 6.07) is 12.6. The van der Waals surface area contributed by atoms with Gasteiger partial charge in [0.15, 0.2) is 0 Å². The highest BCUT2D eigenvalue weighted by Gasteiger charge is 2.26. The van der Waals surface area contributed by atoms with Crippen molar-refractivity contribution in [3.05, 3.63) is 64.4 Å². The van der Waals surface area contributed by atoms with Crippen LogP contribution in [0.2, 0.25) is 0 Å². The van der Waals surface area contributed by atoms with Gasteiger partial charge in [0.25, 0.3) is 5.91 Å². The predicted octanol–water partition coefficient (Wildman–Crippen LogP) is 3.35. The summed E-state index contributed by atoms with van der Waals surface area (Å²) >= 11 is 0. The van der Waals surface area contributed by atoms with Gasteiger partial charge < -0.3 is 15.0 Å². The van der Waals surface area contributed by atoms with Crippen LogP contribution in [0.15, 0.2) is 58.2 Å². The van der Waals surface area contributed by atoms with Crippen molar-refractivity contribution < 1.29 is 17.9 Å². The molecule has 0 spiro atoms. The van der Waals surface area contributed by atoms with E-state index in [0.717, 1.165) is 25.7 Å². The number of fused-ring (bicyclic) bond motifs is 1. The summed E-state index contributed by atoms with van der Waals surface area (Å²) in [6.45, 7) is 0.962. The Labute approximate surface area is 186 Å². The highest BCUT2D eigenvalue weighted by molar-refractivity contribution is 7.89. The van der Waals surface area contributed by atoms with Crippen LogP contribution in [-0.4, -0.2) is 43.8 Å². The third-order valence-corrected chi connectivity index (χ3v) is 7.51. The number of pyridine rings is 1. The number of para-hydroxylation sites is 1. The lowest BCUT2D eigenvalue weighted by atomic mass is 10.1. The lowest BCUT2D eigenvalue weighted by Gasteiger charge is -2.21. The van der Waals surface area contributed by atoms with Gasteiger partial charge in [0.1, 0.15) is 5.75 Å². The number of aromatic nitrogens is 1. The zero-order valence-corrected chi connectivity index (χ0v) is 18.6. The lowest BCUT2D eigenvalue weighted by molar-refractivity contribution is 0.102. The van der Waals surface area contributed by atoms with Gasteiger partial charge in [0.2, 0.25) is 15.6 Å². The van der Waals surface area contributed by atoms with Crippen molar-refractivity contribution in [2.75, 3.05) is 25.5 Å². The van der Waals surface area contributed by atoms with E-state index >= 15 is 0 Å². The minimum absolute atomic E-state index is 0.0891. The molecular formula is C23H25N3O5S. The monoisotopic (exact) mass is 455 g/mol. The van der Waals surface area contributed by atoms with E-state index in [9.17, 15) is 18.0 Å². The number of aromatic amines is 1. The van der Waals surface area contributed by atoms with E-state index in [4.69, 9.17) is 4.74 Å². The lowest BCUT2D eigenvalue weighted by Crippen LogP contribution is -2.32. The largest absolute Gasteiger partial charge is 0.495 e. The minimum Gasteiger partial charge on any atom is -0.495 e. The van der Waals surface area contributed by atoms with Gasteiger partial charge in [0, 0.05) is 30.1 Å². The number of H-pyrrole nitrogens is 1. The number of hydrogen-bond acceptors (Lipinski definition) is 5. The molecule has 4 rings (SSSR count). The molecule has 1 saturated heterocycles. The standard InChI is InChI=1S/C23H25N3O5S/c1-31-21-11-10-16(32(29,30)26-12-6-2-3-7-13-26)14-20(21)25-23(28)18-15-22(27)24-19-9-5-4-8-17(18)19/h4-5,8-11,14-15H,2-3,6-7,12-13H2,1H3,(H,24,27)(H,25,28). The molecule has 2 heterocycles. The van der Waals surface area contributed by atoms with Gasteiger partial charge in [-0.05, 0) is 37.1 Å². The van der Waals surface area contributed by atoms with E-state index in [1.807, 2.05) is 0 Å². The predicted molar refractivity (Wildman–Crippen MR) is 123 cm³/mol. The maximum absolute atomic E-state index is 13.2. The zero-order valence-electron chi connectivity index (χ0n) is 17.8. The van der Waals surface area contributed by atoms with Crippen molar-refractivity contribution in [3.8, 4) is 5.75 Å². The van der Waals surface area contributed by atoms with Crippen LogP contribution in [-0.2, 0) is 10.0 Å². The van der Waals surface area contributed by atoms with E-state index in [1.54, 1.807) is 24.3 Å². The molecule has 0 atom stereocenters. The summed E-state index contributed by atoms with van der Waals surface area (Å²) in [6.07, 6.45) is 3.68. The molecule has 1 amide bonds. The summed E-state index contributed by atoms with van der Waals surface area (Å²) in [7, 11) is -2.26. The van der Waals surface area contributed by atoms with Gasteiger partial charge in [0.05, 0.1) is 23.3 Å². The van der Waals surface area contributed by atoms with Crippen LogP contribution in [0.5, 0.6) is 5.75 Å². The first kappa shape index (κ1) is 22.0. The Bertz CT molecular complexity index is 1310. The number of nitrogens with one attached hydrogen (secondary N) is 2. The van der Waals surface area contributed by atoms with Crippen molar-refractivity contribution >= 4 is 32.5 Å². The number of nitrogens with zero attached hydrogens (tertiary/aromatic N) is 1. The quantitative estimate of drug-likeness (QED) is 0.613. The molecule has 1 aliphatic heterocycles. The van der Waals surface area contributed by atoms with Crippen molar-refractivity contribution in [2.45, 2.75) is 30.6 Å². The number of amides is 1. The summed E-state index contributed by atoms with van der Waals surface area (Å²) in [5, 5.41) is 3.31. The topological polar surface area (TPSA) is 109 Å². The molecule has 0 unspecified atom stereocenters. The smallest absolute Gasteiger partial charge is 0.256 e. The molecule has 0 saturated carbocycles. The molecule has 1 aromatic heterocycles. The molecule has 8 nitrogen and oxygen atoms in total. The maximum Gasteiger partial charge on any atom is 0.256 e. The minimum atomic E-state index is -3.70. The number of hydrogen-bond donors (Lipinski definition) is 2. The number of methoxy groups -OCH3 is 1. The average Bonchev–Trinajstić information content (AvgIpc) is 3.08. The Hall–Kier alpha value is -3.17. The maximum atomic E-state index is 13.2. The van der Waals surface area contributed by atoms with Crippen molar-refractivity contribution in [1.82, 2.24) is 9.29 Å². The molecule has 32 heavy (non-hydrogen) atoms. The molecule has 0 bridgehead atoms. The molecule has 0 aliphatic carbocycles. The number of ether oxygens (including phenoxy) is 1. The molecule has 168 valence electrons. The number of carbonyl (C=O) groups is 1. The van der Waals surface area contributed by atoms with Crippen LogP contribution >= 0.6 is 0 Å². The summed E-state index contributed by atoms with van der Waals surface area (Å²) in [5.41, 5.74) is 0.540. The first-order chi connectivity index (χ1) is 15.4. The van der Waals surface area contributed by atoms with Crippen LogP contribution in [0, 0.1) is 0 Å². The van der Waals surface area contributed by atoms with Crippen LogP contribution in [0.1, 0.15) is 36.0 Å². The Morgan fingerprint density at radius 3 is 2.47 bits per heavy atom. The fourth-order valence-corrected chi connectivity index (χ4v) is 5.50. The third-order valence-electron chi connectivity index (χ3n) is 5.62. The van der Waals surface area contributed by atoms with Gasteiger partial charge in [-0.15, -0.1) is 0 Å². The normalized spacial score (nSPS) is 15.3. The van der Waals surface area contributed by atoms with E-state index in [-0.39, 0.29) is 16.1 Å². The van der Waals surface area contributed by atoms with E-state index in [1.165, 1.54) is 35.7 Å². The number of rotatable bonds is 5. The molecule has 1 fully saturated rings. The van der Waals surface area contributed by atoms with Gasteiger partial charge in [-0.1, -0.05) is 31.0 Å². The Morgan fingerprint density at radius 2 is 1.75 bits per heavy atom. The Kier molecular flexibility index (Phi) is 6.29. The molecule has 2 N–H and O–H groups in total. The highest BCUT2D eigenvalue weighted by atomic mass is 32.2. The SMILES string of the molecule is COc1ccc(S(=O)(=O)N2CCCCCC2)cc1NC(=O)c1cc(=O)[nH]c2ccccc12. The van der Waals surface area contributed by atoms with E-state index < -0.39 is 21.5 Å². The zero-order chi connectivity index (χ0) is 22.7. The van der Waals surface area contributed by atoms with Gasteiger partial charge >= 0.3 is 0 Å². The number of carbonyl (C=O) groups excluding carboxylic acids is 1. The summed E-state index contributed by atoms with van der Waals surface area (Å²) < 4.78 is 33.2. The molecule has 9 heteroatoms. The first-order valence-electron chi connectivity index (χ1n) is 10.5. The van der Waals surface area contributed by atoms with Crippen LogP contribution < -0.4 is 15.6 Å². The molecular weight excluding hydrogens is 430 g/mol. The molecule has 1 aliphatic rings. The molecule has 2 aromatic carbocycles. The second kappa shape index (κ2) is 9.13. The fourth-order valence-electron chi connectivity index (χ4n) is 3.96. The first-order valence-corrected chi connectivity index (χ1v) is 12.0. The molecule has 0 radical (unpaired) electrons.